The molecule has 1 N–H and O–H groups in total. The molecule has 0 radical (unpaired) electrons. The van der Waals surface area contributed by atoms with E-state index in [4.69, 9.17) is 9.47 Å². The van der Waals surface area contributed by atoms with Crippen LogP contribution >= 0.6 is 12.4 Å². The minimum Gasteiger partial charge on any atom is -0.372 e. The number of hydrogen-bond donors (Lipinski definition) is 1. The molecule has 0 aliphatic carbocycles. The highest BCUT2D eigenvalue weighted by molar-refractivity contribution is 5.90. The summed E-state index contributed by atoms with van der Waals surface area (Å²) in [6, 6.07) is 0. The lowest BCUT2D eigenvalue weighted by atomic mass is 9.81. The zero-order valence-corrected chi connectivity index (χ0v) is 17.7. The Morgan fingerprint density at radius 1 is 0.926 bits per heavy atom. The van der Waals surface area contributed by atoms with Crippen LogP contribution < -0.4 is 5.32 Å². The molecular formula is C19H34ClN3O4. The van der Waals surface area contributed by atoms with Crippen molar-refractivity contribution < 1.29 is 19.1 Å². The minimum absolute atomic E-state index is 0. The second kappa shape index (κ2) is 9.07. The first-order chi connectivity index (χ1) is 12.3. The summed E-state index contributed by atoms with van der Waals surface area (Å²) >= 11 is 0. The summed E-state index contributed by atoms with van der Waals surface area (Å²) in [5.74, 6) is 0.172. The third kappa shape index (κ3) is 5.13. The van der Waals surface area contributed by atoms with Crippen LogP contribution in [0.4, 0.5) is 0 Å². The molecule has 8 heteroatoms. The number of carbonyl (C=O) groups excluding carboxylic acids is 2. The Labute approximate surface area is 168 Å². The van der Waals surface area contributed by atoms with E-state index in [9.17, 15) is 9.59 Å². The van der Waals surface area contributed by atoms with Crippen molar-refractivity contribution in [1.29, 1.82) is 0 Å². The molecular weight excluding hydrogens is 370 g/mol. The second-order valence-electron chi connectivity index (χ2n) is 8.41. The van der Waals surface area contributed by atoms with Gasteiger partial charge in [0, 0.05) is 39.1 Å². The summed E-state index contributed by atoms with van der Waals surface area (Å²) in [6.45, 7) is 11.7. The highest BCUT2D eigenvalue weighted by Gasteiger charge is 2.47. The fraction of sp³-hybridized carbons (Fsp3) is 0.895. The molecule has 7 nitrogen and oxygen atoms in total. The molecule has 0 aromatic carbocycles. The molecule has 3 saturated heterocycles. The predicted octanol–water partition coefficient (Wildman–Crippen LogP) is 1.05. The minimum atomic E-state index is -0.626. The third-order valence-corrected chi connectivity index (χ3v) is 5.67. The molecule has 3 rings (SSSR count). The van der Waals surface area contributed by atoms with Crippen LogP contribution in [0.2, 0.25) is 0 Å². The zero-order chi connectivity index (χ0) is 18.9. The van der Waals surface area contributed by atoms with Crippen molar-refractivity contribution in [3.8, 4) is 0 Å². The number of rotatable bonds is 3. The lowest BCUT2D eigenvalue weighted by Gasteiger charge is -2.41. The second-order valence-corrected chi connectivity index (χ2v) is 8.41. The number of nitrogens with zero attached hydrogens (tertiary/aromatic N) is 2. The third-order valence-electron chi connectivity index (χ3n) is 5.67. The van der Waals surface area contributed by atoms with Crippen LogP contribution in [0, 0.1) is 5.41 Å². The lowest BCUT2D eigenvalue weighted by Crippen LogP contribution is -2.56. The lowest BCUT2D eigenvalue weighted by molar-refractivity contribution is -0.158. The Morgan fingerprint density at radius 3 is 1.85 bits per heavy atom. The number of hydrogen-bond acceptors (Lipinski definition) is 5. The van der Waals surface area contributed by atoms with Gasteiger partial charge >= 0.3 is 0 Å². The monoisotopic (exact) mass is 403 g/mol. The van der Waals surface area contributed by atoms with Gasteiger partial charge in [0.1, 0.15) is 0 Å². The standard InChI is InChI=1S/C19H33N3O4.ClH/c1-13-8-21(9-14(2)25-13)17(23)7-19(5-6-20-12-19)18(24)22-10-15(3)26-16(4)11-22;/h13-16,20H,5-12H2,1-4H3;1H. The van der Waals surface area contributed by atoms with Gasteiger partial charge in [0.25, 0.3) is 0 Å². The van der Waals surface area contributed by atoms with Gasteiger partial charge in [-0.05, 0) is 40.7 Å². The fourth-order valence-corrected chi connectivity index (χ4v) is 4.61. The van der Waals surface area contributed by atoms with E-state index in [2.05, 4.69) is 5.32 Å². The van der Waals surface area contributed by atoms with Gasteiger partial charge in [-0.2, -0.15) is 0 Å². The Balaban J connectivity index is 0.00000261. The molecule has 0 bridgehead atoms. The number of halogens is 1. The highest BCUT2D eigenvalue weighted by atomic mass is 35.5. The Hall–Kier alpha value is -0.890. The van der Waals surface area contributed by atoms with Crippen LogP contribution in [0.3, 0.4) is 0 Å². The van der Waals surface area contributed by atoms with Crippen molar-refractivity contribution in [3.05, 3.63) is 0 Å². The van der Waals surface area contributed by atoms with Crippen LogP contribution in [0.1, 0.15) is 40.5 Å². The van der Waals surface area contributed by atoms with Crippen LogP contribution in [-0.2, 0) is 19.1 Å². The molecule has 0 spiro atoms. The predicted molar refractivity (Wildman–Crippen MR) is 105 cm³/mol. The Kier molecular flexibility index (Phi) is 7.53. The van der Waals surface area contributed by atoms with Crippen LogP contribution in [0.15, 0.2) is 0 Å². The maximum atomic E-state index is 13.4. The average Bonchev–Trinajstić information content (AvgIpc) is 3.02. The van der Waals surface area contributed by atoms with Gasteiger partial charge in [-0.15, -0.1) is 12.4 Å². The van der Waals surface area contributed by atoms with Gasteiger partial charge < -0.3 is 24.6 Å². The molecule has 27 heavy (non-hydrogen) atoms. The quantitative estimate of drug-likeness (QED) is 0.762. The van der Waals surface area contributed by atoms with Crippen molar-refractivity contribution in [2.75, 3.05) is 39.3 Å². The van der Waals surface area contributed by atoms with Gasteiger partial charge in [0.15, 0.2) is 0 Å². The van der Waals surface area contributed by atoms with E-state index in [1.165, 1.54) is 0 Å². The average molecular weight is 404 g/mol. The van der Waals surface area contributed by atoms with Gasteiger partial charge in [-0.1, -0.05) is 0 Å². The summed E-state index contributed by atoms with van der Waals surface area (Å²) < 4.78 is 11.5. The molecule has 0 aromatic heterocycles. The molecule has 2 amide bonds. The number of carbonyl (C=O) groups is 2. The maximum Gasteiger partial charge on any atom is 0.230 e. The largest absolute Gasteiger partial charge is 0.372 e. The van der Waals surface area contributed by atoms with Crippen molar-refractivity contribution in [2.24, 2.45) is 5.41 Å². The van der Waals surface area contributed by atoms with Gasteiger partial charge in [-0.3, -0.25) is 9.59 Å². The first kappa shape index (κ1) is 22.4. The fourth-order valence-electron chi connectivity index (χ4n) is 4.61. The van der Waals surface area contributed by atoms with E-state index >= 15 is 0 Å². The topological polar surface area (TPSA) is 71.1 Å². The molecule has 3 aliphatic heterocycles. The summed E-state index contributed by atoms with van der Waals surface area (Å²) in [5, 5.41) is 3.31. The highest BCUT2D eigenvalue weighted by Crippen LogP contribution is 2.34. The van der Waals surface area contributed by atoms with Crippen molar-refractivity contribution in [1.82, 2.24) is 15.1 Å². The van der Waals surface area contributed by atoms with E-state index in [1.807, 2.05) is 37.5 Å². The summed E-state index contributed by atoms with van der Waals surface area (Å²) in [5.41, 5.74) is -0.626. The first-order valence-electron chi connectivity index (χ1n) is 9.88. The summed E-state index contributed by atoms with van der Waals surface area (Å²) in [4.78, 5) is 30.2. The van der Waals surface area contributed by atoms with E-state index in [1.54, 1.807) is 0 Å². The molecule has 0 saturated carbocycles. The van der Waals surface area contributed by atoms with Gasteiger partial charge in [-0.25, -0.2) is 0 Å². The number of nitrogens with one attached hydrogen (secondary N) is 1. The van der Waals surface area contributed by atoms with Crippen LogP contribution in [0.25, 0.3) is 0 Å². The smallest absolute Gasteiger partial charge is 0.230 e. The zero-order valence-electron chi connectivity index (χ0n) is 16.9. The maximum absolute atomic E-state index is 13.4. The SMILES string of the molecule is CC1CN(C(=O)CC2(C(=O)N3CC(C)OC(C)C3)CCNC2)CC(C)O1.Cl. The number of ether oxygens (including phenoxy) is 2. The molecule has 3 fully saturated rings. The van der Waals surface area contributed by atoms with Crippen molar-refractivity contribution in [3.63, 3.8) is 0 Å². The molecule has 5 atom stereocenters. The van der Waals surface area contributed by atoms with E-state index in [0.29, 0.717) is 39.1 Å². The van der Waals surface area contributed by atoms with E-state index < -0.39 is 5.41 Å². The molecule has 0 aromatic rings. The van der Waals surface area contributed by atoms with Gasteiger partial charge in [0.2, 0.25) is 11.8 Å². The van der Waals surface area contributed by atoms with Gasteiger partial charge in [0.05, 0.1) is 29.8 Å². The molecule has 156 valence electrons. The molecule has 3 aliphatic rings. The Bertz CT molecular complexity index is 521. The van der Waals surface area contributed by atoms with Crippen molar-refractivity contribution >= 4 is 24.2 Å². The number of morpholine rings is 2. The van der Waals surface area contributed by atoms with Crippen LogP contribution in [-0.4, -0.2) is 85.3 Å². The van der Waals surface area contributed by atoms with Crippen LogP contribution in [0.5, 0.6) is 0 Å². The Morgan fingerprint density at radius 2 is 1.41 bits per heavy atom. The van der Waals surface area contributed by atoms with E-state index in [-0.39, 0.29) is 55.1 Å². The molecule has 5 unspecified atom stereocenters. The molecule has 3 heterocycles. The number of amides is 2. The summed E-state index contributed by atoms with van der Waals surface area (Å²) in [7, 11) is 0. The summed E-state index contributed by atoms with van der Waals surface area (Å²) in [6.07, 6.45) is 1.14. The first-order valence-corrected chi connectivity index (χ1v) is 9.88. The van der Waals surface area contributed by atoms with E-state index in [0.717, 1.165) is 6.54 Å². The normalized spacial score (nSPS) is 37.0. The van der Waals surface area contributed by atoms with Crippen molar-refractivity contribution in [2.45, 2.75) is 65.0 Å².